The normalized spacial score (nSPS) is 31.1. The Morgan fingerprint density at radius 2 is 1.96 bits per heavy atom. The Morgan fingerprint density at radius 3 is 2.52 bits per heavy atom. The summed E-state index contributed by atoms with van der Waals surface area (Å²) in [4.78, 5) is 29.9. The Labute approximate surface area is 159 Å². The molecule has 27 heavy (non-hydrogen) atoms. The molecule has 0 N–H and O–H groups in total. The lowest BCUT2D eigenvalue weighted by molar-refractivity contribution is -0.192. The Balaban J connectivity index is 2.24. The first-order valence-electron chi connectivity index (χ1n) is 9.23. The Kier molecular flexibility index (Phi) is 5.09. The number of carbonyl (C=O) groups is 2. The molecule has 1 saturated carbocycles. The lowest BCUT2D eigenvalue weighted by atomic mass is 9.45. The van der Waals surface area contributed by atoms with Crippen molar-refractivity contribution in [3.63, 3.8) is 0 Å². The fourth-order valence-electron chi connectivity index (χ4n) is 4.44. The number of nitrogens with zero attached hydrogens (tertiary/aromatic N) is 1. The third-order valence-electron chi connectivity index (χ3n) is 5.43. The van der Waals surface area contributed by atoms with E-state index in [1.807, 2.05) is 37.3 Å². The molecule has 0 unspecified atom stereocenters. The van der Waals surface area contributed by atoms with Gasteiger partial charge in [0.25, 0.3) is 0 Å². The van der Waals surface area contributed by atoms with Crippen LogP contribution in [0.15, 0.2) is 48.0 Å². The second-order valence-corrected chi connectivity index (χ2v) is 6.74. The van der Waals surface area contributed by atoms with Crippen LogP contribution in [0.5, 0.6) is 0 Å². The van der Waals surface area contributed by atoms with E-state index in [-0.39, 0.29) is 18.4 Å². The van der Waals surface area contributed by atoms with Crippen molar-refractivity contribution in [3.05, 3.63) is 48.6 Å². The van der Waals surface area contributed by atoms with Crippen molar-refractivity contribution in [2.75, 3.05) is 13.2 Å². The van der Waals surface area contributed by atoms with Crippen molar-refractivity contribution in [3.8, 4) is 0 Å². The number of ether oxygens (including phenoxy) is 3. The molecule has 1 aliphatic heterocycles. The lowest BCUT2D eigenvalue weighted by Gasteiger charge is -2.57. The van der Waals surface area contributed by atoms with Crippen LogP contribution in [0.2, 0.25) is 0 Å². The minimum Gasteiger partial charge on any atom is -0.479 e. The number of carbonyl (C=O) groups excluding carboxylic acids is 2. The van der Waals surface area contributed by atoms with E-state index >= 15 is 0 Å². The van der Waals surface area contributed by atoms with Gasteiger partial charge in [-0.15, -0.1) is 6.58 Å². The van der Waals surface area contributed by atoms with Crippen molar-refractivity contribution >= 4 is 17.8 Å². The summed E-state index contributed by atoms with van der Waals surface area (Å²) in [7, 11) is 0. The van der Waals surface area contributed by atoms with Crippen LogP contribution in [0, 0.1) is 11.3 Å². The van der Waals surface area contributed by atoms with Crippen LogP contribution in [-0.4, -0.2) is 37.2 Å². The van der Waals surface area contributed by atoms with Gasteiger partial charge in [0.05, 0.1) is 13.2 Å². The molecule has 1 aromatic rings. The standard InChI is InChI=1S/C21H25NO5/c1-5-15-13-20(19(24)26-7-3)17(27-14(4)23)18(25-6-2)22-21(15,20)16-11-9-8-10-12-16/h5,8-12,15,17H,1,6-7,13H2,2-4H3/t15-,17-,20+,21+/m1/s1. The van der Waals surface area contributed by atoms with Crippen molar-refractivity contribution in [2.45, 2.75) is 38.8 Å². The van der Waals surface area contributed by atoms with Gasteiger partial charge in [-0.2, -0.15) is 0 Å². The Bertz CT molecular complexity index is 774. The largest absolute Gasteiger partial charge is 0.479 e. The molecule has 1 aromatic carbocycles. The van der Waals surface area contributed by atoms with Crippen LogP contribution in [0.1, 0.15) is 32.8 Å². The third-order valence-corrected chi connectivity index (χ3v) is 5.43. The van der Waals surface area contributed by atoms with E-state index in [1.165, 1.54) is 6.92 Å². The van der Waals surface area contributed by atoms with E-state index in [9.17, 15) is 9.59 Å². The molecule has 1 heterocycles. The molecule has 144 valence electrons. The fourth-order valence-corrected chi connectivity index (χ4v) is 4.44. The van der Waals surface area contributed by atoms with Gasteiger partial charge in [-0.25, -0.2) is 4.99 Å². The summed E-state index contributed by atoms with van der Waals surface area (Å²) in [6.07, 6.45) is 1.29. The van der Waals surface area contributed by atoms with Crippen LogP contribution in [0.25, 0.3) is 0 Å². The average Bonchev–Trinajstić information content (AvgIpc) is 2.83. The summed E-state index contributed by atoms with van der Waals surface area (Å²) in [6, 6.07) is 9.54. The molecule has 0 radical (unpaired) electrons. The highest BCUT2D eigenvalue weighted by atomic mass is 16.6. The molecule has 1 fully saturated rings. The number of aliphatic imine (C=N–C) groups is 1. The van der Waals surface area contributed by atoms with Gasteiger partial charge < -0.3 is 14.2 Å². The zero-order chi connectivity index (χ0) is 19.7. The molecule has 1 aliphatic carbocycles. The van der Waals surface area contributed by atoms with Gasteiger partial charge in [-0.1, -0.05) is 36.4 Å². The van der Waals surface area contributed by atoms with Gasteiger partial charge in [0.2, 0.25) is 5.90 Å². The second kappa shape index (κ2) is 7.18. The van der Waals surface area contributed by atoms with E-state index < -0.39 is 29.0 Å². The van der Waals surface area contributed by atoms with Gasteiger partial charge in [0.15, 0.2) is 6.10 Å². The van der Waals surface area contributed by atoms with Crippen LogP contribution >= 0.6 is 0 Å². The highest BCUT2D eigenvalue weighted by Crippen LogP contribution is 2.69. The average molecular weight is 371 g/mol. The second-order valence-electron chi connectivity index (χ2n) is 6.74. The van der Waals surface area contributed by atoms with Gasteiger partial charge in [-0.3, -0.25) is 9.59 Å². The maximum absolute atomic E-state index is 13.2. The van der Waals surface area contributed by atoms with Crippen LogP contribution < -0.4 is 0 Å². The molecule has 3 rings (SSSR count). The molecule has 4 atom stereocenters. The molecule has 0 saturated heterocycles. The summed E-state index contributed by atoms with van der Waals surface area (Å²) in [5, 5.41) is 0. The molecular formula is C21H25NO5. The fraction of sp³-hybridized carbons (Fsp3) is 0.476. The molecule has 0 aromatic heterocycles. The minimum absolute atomic E-state index is 0.111. The molecule has 0 spiro atoms. The van der Waals surface area contributed by atoms with Gasteiger partial charge in [-0.05, 0) is 25.8 Å². The first-order valence-corrected chi connectivity index (χ1v) is 9.23. The summed E-state index contributed by atoms with van der Waals surface area (Å²) >= 11 is 0. The highest BCUT2D eigenvalue weighted by Gasteiger charge is 2.79. The van der Waals surface area contributed by atoms with Crippen LogP contribution in [-0.2, 0) is 29.3 Å². The smallest absolute Gasteiger partial charge is 0.319 e. The zero-order valence-corrected chi connectivity index (χ0v) is 15.9. The van der Waals surface area contributed by atoms with Gasteiger partial charge in [0.1, 0.15) is 11.0 Å². The molecule has 0 bridgehead atoms. The lowest BCUT2D eigenvalue weighted by Crippen LogP contribution is -2.67. The van der Waals surface area contributed by atoms with Crippen molar-refractivity contribution in [1.82, 2.24) is 0 Å². The summed E-state index contributed by atoms with van der Waals surface area (Å²) in [5.74, 6) is -0.784. The molecule has 0 amide bonds. The highest BCUT2D eigenvalue weighted by molar-refractivity contribution is 5.98. The van der Waals surface area contributed by atoms with Crippen molar-refractivity contribution < 1.29 is 23.8 Å². The predicted molar refractivity (Wildman–Crippen MR) is 100 cm³/mol. The Hall–Kier alpha value is -2.63. The summed E-state index contributed by atoms with van der Waals surface area (Å²) in [6.45, 7) is 9.40. The molecular weight excluding hydrogens is 346 g/mol. The third kappa shape index (κ3) is 2.58. The first-order chi connectivity index (χ1) is 13.0. The maximum Gasteiger partial charge on any atom is 0.319 e. The maximum atomic E-state index is 13.2. The monoisotopic (exact) mass is 371 g/mol. The number of benzene rings is 1. The number of hydrogen-bond donors (Lipinski definition) is 0. The predicted octanol–water partition coefficient (Wildman–Crippen LogP) is 3.02. The molecule has 6 nitrogen and oxygen atoms in total. The van der Waals surface area contributed by atoms with Gasteiger partial charge in [0, 0.05) is 12.8 Å². The quantitative estimate of drug-likeness (QED) is 0.568. The zero-order valence-electron chi connectivity index (χ0n) is 15.9. The van der Waals surface area contributed by atoms with E-state index in [1.54, 1.807) is 13.0 Å². The number of rotatable bonds is 6. The minimum atomic E-state index is -1.17. The molecule has 2 aliphatic rings. The van der Waals surface area contributed by atoms with Crippen LogP contribution in [0.4, 0.5) is 0 Å². The number of fused-ring (bicyclic) bond motifs is 1. The Morgan fingerprint density at radius 1 is 1.26 bits per heavy atom. The first kappa shape index (κ1) is 19.1. The molecule has 6 heteroatoms. The summed E-state index contributed by atoms with van der Waals surface area (Å²) < 4.78 is 16.7. The van der Waals surface area contributed by atoms with E-state index in [0.29, 0.717) is 13.0 Å². The summed E-state index contributed by atoms with van der Waals surface area (Å²) in [5.41, 5.74) is -1.28. The van der Waals surface area contributed by atoms with E-state index in [2.05, 4.69) is 6.58 Å². The van der Waals surface area contributed by atoms with Crippen molar-refractivity contribution in [2.24, 2.45) is 16.3 Å². The van der Waals surface area contributed by atoms with Crippen LogP contribution in [0.3, 0.4) is 0 Å². The van der Waals surface area contributed by atoms with E-state index in [0.717, 1.165) is 5.56 Å². The van der Waals surface area contributed by atoms with Crippen molar-refractivity contribution in [1.29, 1.82) is 0 Å². The number of hydrogen-bond acceptors (Lipinski definition) is 6. The van der Waals surface area contributed by atoms with E-state index in [4.69, 9.17) is 19.2 Å². The SMILES string of the molecule is C=C[C@@H]1C[C@@]2(C(=O)OCC)[C@H](OC(C)=O)C(OCC)=N[C@]12c1ccccc1. The number of esters is 2. The van der Waals surface area contributed by atoms with Gasteiger partial charge >= 0.3 is 11.9 Å². The topological polar surface area (TPSA) is 74.2 Å².